The Kier molecular flexibility index (Phi) is 7.40. The number of hydrogen-bond acceptors (Lipinski definition) is 4. The van der Waals surface area contributed by atoms with Crippen molar-refractivity contribution < 1.29 is 18.7 Å². The number of hydrogen-bond donors (Lipinski definition) is 1. The van der Waals surface area contributed by atoms with E-state index in [9.17, 15) is 9.18 Å². The molecule has 0 unspecified atom stereocenters. The maximum atomic E-state index is 13.7. The van der Waals surface area contributed by atoms with Gasteiger partial charge in [-0.1, -0.05) is 23.7 Å². The monoisotopic (exact) mass is 383 g/mol. The molecular weight excluding hydrogens is 365 g/mol. The summed E-state index contributed by atoms with van der Waals surface area (Å²) in [5.41, 5.74) is 1.43. The smallest absolute Gasteiger partial charge is 0.230 e. The number of rotatable bonds is 8. The second-order valence-corrected chi connectivity index (χ2v) is 6.62. The summed E-state index contributed by atoms with van der Waals surface area (Å²) in [5, 5.41) is 3.19. The summed E-state index contributed by atoms with van der Waals surface area (Å²) in [6.45, 7) is 0.384. The number of ether oxygens (including phenoxy) is 2. The Morgan fingerprint density at radius 2 is 1.92 bits per heavy atom. The molecule has 1 amide bonds. The molecule has 0 heterocycles. The van der Waals surface area contributed by atoms with Gasteiger partial charge in [0.2, 0.25) is 5.91 Å². The fourth-order valence-corrected chi connectivity index (χ4v) is 3.14. The van der Waals surface area contributed by atoms with Crippen LogP contribution in [-0.2, 0) is 17.1 Å². The van der Waals surface area contributed by atoms with Gasteiger partial charge in [-0.3, -0.25) is 4.79 Å². The Bertz CT molecular complexity index is 742. The van der Waals surface area contributed by atoms with Crippen molar-refractivity contribution in [2.24, 2.45) is 0 Å². The van der Waals surface area contributed by atoms with Gasteiger partial charge in [0, 0.05) is 17.3 Å². The number of amides is 1. The number of carbonyl (C=O) groups is 1. The summed E-state index contributed by atoms with van der Waals surface area (Å²) in [7, 11) is 3.13. The van der Waals surface area contributed by atoms with Gasteiger partial charge in [-0.05, 0) is 35.4 Å². The summed E-state index contributed by atoms with van der Waals surface area (Å²) in [6, 6.07) is 10.0. The molecule has 0 saturated carbocycles. The van der Waals surface area contributed by atoms with Crippen molar-refractivity contribution in [3.8, 4) is 11.5 Å². The molecule has 0 aromatic heterocycles. The highest BCUT2D eigenvalue weighted by Crippen LogP contribution is 2.27. The summed E-state index contributed by atoms with van der Waals surface area (Å²) >= 11 is 7.06. The van der Waals surface area contributed by atoms with Crippen LogP contribution in [0.1, 0.15) is 11.1 Å². The average molecular weight is 384 g/mol. The lowest BCUT2D eigenvalue weighted by molar-refractivity contribution is -0.118. The molecule has 0 aliphatic carbocycles. The molecule has 2 rings (SSSR count). The minimum atomic E-state index is -0.356. The van der Waals surface area contributed by atoms with Gasteiger partial charge in [0.05, 0.1) is 20.0 Å². The van der Waals surface area contributed by atoms with Crippen LogP contribution in [0, 0.1) is 5.82 Å². The van der Waals surface area contributed by atoms with Crippen LogP contribution < -0.4 is 14.8 Å². The predicted molar refractivity (Wildman–Crippen MR) is 99.0 cm³/mol. The fraction of sp³-hybridized carbons (Fsp3) is 0.278. The first-order valence-electron chi connectivity index (χ1n) is 7.52. The Hall–Kier alpha value is -1.92. The van der Waals surface area contributed by atoms with Crippen LogP contribution in [0.25, 0.3) is 0 Å². The molecule has 0 fully saturated rings. The highest BCUT2D eigenvalue weighted by atomic mass is 35.5. The van der Waals surface area contributed by atoms with Crippen LogP contribution in [0.5, 0.6) is 11.5 Å². The van der Waals surface area contributed by atoms with Crippen molar-refractivity contribution >= 4 is 29.3 Å². The molecule has 0 bridgehead atoms. The normalized spacial score (nSPS) is 10.4. The van der Waals surface area contributed by atoms with Gasteiger partial charge in [0.25, 0.3) is 0 Å². The van der Waals surface area contributed by atoms with Gasteiger partial charge in [-0.25, -0.2) is 4.39 Å². The minimum Gasteiger partial charge on any atom is -0.493 e. The summed E-state index contributed by atoms with van der Waals surface area (Å²) < 4.78 is 24.1. The van der Waals surface area contributed by atoms with Crippen molar-refractivity contribution in [3.05, 3.63) is 58.4 Å². The zero-order valence-corrected chi connectivity index (χ0v) is 15.5. The molecule has 134 valence electrons. The zero-order valence-electron chi connectivity index (χ0n) is 14.0. The number of halogens is 2. The second kappa shape index (κ2) is 9.53. The number of benzene rings is 2. The van der Waals surface area contributed by atoms with E-state index >= 15 is 0 Å². The molecular formula is C18H19ClFNO3S. The first kappa shape index (κ1) is 19.4. The maximum absolute atomic E-state index is 13.7. The standard InChI is InChI=1S/C18H19ClFNO3S/c1-23-16-6-3-12(7-17(16)24-2)9-21-18(22)11-25-10-13-4-5-14(19)8-15(13)20/h3-8H,9-11H2,1-2H3,(H,21,22). The van der Waals surface area contributed by atoms with Crippen LogP contribution >= 0.6 is 23.4 Å². The molecule has 0 atom stereocenters. The van der Waals surface area contributed by atoms with Gasteiger partial charge in [-0.15, -0.1) is 11.8 Å². The van der Waals surface area contributed by atoms with Crippen molar-refractivity contribution in [2.45, 2.75) is 12.3 Å². The van der Waals surface area contributed by atoms with Crippen LogP contribution in [0.2, 0.25) is 5.02 Å². The lowest BCUT2D eigenvalue weighted by atomic mass is 10.2. The van der Waals surface area contributed by atoms with Crippen LogP contribution in [-0.4, -0.2) is 25.9 Å². The Labute approximate surface area is 155 Å². The third kappa shape index (κ3) is 5.83. The Balaban J connectivity index is 1.79. The minimum absolute atomic E-state index is 0.117. The van der Waals surface area contributed by atoms with Gasteiger partial charge in [-0.2, -0.15) is 0 Å². The van der Waals surface area contributed by atoms with Crippen molar-refractivity contribution in [3.63, 3.8) is 0 Å². The molecule has 4 nitrogen and oxygen atoms in total. The van der Waals surface area contributed by atoms with Crippen LogP contribution in [0.3, 0.4) is 0 Å². The van der Waals surface area contributed by atoms with Crippen molar-refractivity contribution in [1.29, 1.82) is 0 Å². The Morgan fingerprint density at radius 3 is 2.60 bits per heavy atom. The molecule has 1 N–H and O–H groups in total. The van der Waals surface area contributed by atoms with E-state index in [-0.39, 0.29) is 17.5 Å². The number of thioether (sulfide) groups is 1. The van der Waals surface area contributed by atoms with E-state index in [0.29, 0.717) is 34.4 Å². The fourth-order valence-electron chi connectivity index (χ4n) is 2.13. The molecule has 2 aromatic carbocycles. The molecule has 0 spiro atoms. The first-order valence-corrected chi connectivity index (χ1v) is 9.06. The Morgan fingerprint density at radius 1 is 1.16 bits per heavy atom. The number of nitrogens with one attached hydrogen (secondary N) is 1. The molecule has 0 aliphatic rings. The molecule has 2 aromatic rings. The second-order valence-electron chi connectivity index (χ2n) is 5.19. The average Bonchev–Trinajstić information content (AvgIpc) is 2.61. The third-order valence-electron chi connectivity index (χ3n) is 3.44. The van der Waals surface area contributed by atoms with Gasteiger partial charge < -0.3 is 14.8 Å². The summed E-state index contributed by atoms with van der Waals surface area (Å²) in [5.74, 6) is 1.43. The quantitative estimate of drug-likeness (QED) is 0.747. The lowest BCUT2D eigenvalue weighted by Crippen LogP contribution is -2.24. The lowest BCUT2D eigenvalue weighted by Gasteiger charge is -2.10. The predicted octanol–water partition coefficient (Wildman–Crippen LogP) is 4.05. The van der Waals surface area contributed by atoms with E-state index in [4.69, 9.17) is 21.1 Å². The summed E-state index contributed by atoms with van der Waals surface area (Å²) in [6.07, 6.45) is 0. The topological polar surface area (TPSA) is 47.6 Å². The van der Waals surface area contributed by atoms with E-state index in [1.54, 1.807) is 32.4 Å². The van der Waals surface area contributed by atoms with Crippen LogP contribution in [0.15, 0.2) is 36.4 Å². The molecule has 7 heteroatoms. The maximum Gasteiger partial charge on any atom is 0.230 e. The van der Waals surface area contributed by atoms with E-state index < -0.39 is 0 Å². The molecule has 25 heavy (non-hydrogen) atoms. The van der Waals surface area contributed by atoms with E-state index in [2.05, 4.69) is 5.32 Å². The van der Waals surface area contributed by atoms with E-state index in [1.165, 1.54) is 17.8 Å². The zero-order chi connectivity index (χ0) is 18.2. The molecule has 0 radical (unpaired) electrons. The third-order valence-corrected chi connectivity index (χ3v) is 4.66. The highest BCUT2D eigenvalue weighted by Gasteiger charge is 2.08. The summed E-state index contributed by atoms with van der Waals surface area (Å²) in [4.78, 5) is 11.9. The first-order chi connectivity index (χ1) is 12.0. The van der Waals surface area contributed by atoms with E-state index in [0.717, 1.165) is 5.56 Å². The number of methoxy groups -OCH3 is 2. The van der Waals surface area contributed by atoms with Gasteiger partial charge >= 0.3 is 0 Å². The number of carbonyl (C=O) groups excluding carboxylic acids is 1. The van der Waals surface area contributed by atoms with E-state index in [1.807, 2.05) is 12.1 Å². The molecule has 0 saturated heterocycles. The van der Waals surface area contributed by atoms with Crippen molar-refractivity contribution in [2.75, 3.05) is 20.0 Å². The van der Waals surface area contributed by atoms with Crippen LogP contribution in [0.4, 0.5) is 4.39 Å². The van der Waals surface area contributed by atoms with Crippen molar-refractivity contribution in [1.82, 2.24) is 5.32 Å². The SMILES string of the molecule is COc1ccc(CNC(=O)CSCc2ccc(Cl)cc2F)cc1OC. The van der Waals surface area contributed by atoms with Gasteiger partial charge in [0.1, 0.15) is 5.82 Å². The van der Waals surface area contributed by atoms with Gasteiger partial charge in [0.15, 0.2) is 11.5 Å². The largest absolute Gasteiger partial charge is 0.493 e. The highest BCUT2D eigenvalue weighted by molar-refractivity contribution is 7.99. The molecule has 0 aliphatic heterocycles.